The largest absolute Gasteiger partial charge is 0.494 e. The molecule has 0 fully saturated rings. The van der Waals surface area contributed by atoms with E-state index in [-0.39, 0.29) is 5.57 Å². The lowest BCUT2D eigenvalue weighted by Gasteiger charge is -2.06. The monoisotopic (exact) mass is 455 g/mol. The lowest BCUT2D eigenvalue weighted by Crippen LogP contribution is -2.13. The number of benzene rings is 3. The van der Waals surface area contributed by atoms with Gasteiger partial charge in [-0.1, -0.05) is 41.9 Å². The van der Waals surface area contributed by atoms with E-state index in [1.807, 2.05) is 67.7 Å². The minimum atomic E-state index is -0.465. The van der Waals surface area contributed by atoms with Crippen LogP contribution in [0.15, 0.2) is 84.6 Å². The molecule has 1 amide bonds. The summed E-state index contributed by atoms with van der Waals surface area (Å²) < 4.78 is 7.51. The number of nitrogens with one attached hydrogen (secondary N) is 1. The van der Waals surface area contributed by atoms with Gasteiger partial charge >= 0.3 is 0 Å². The predicted molar refractivity (Wildman–Crippen MR) is 132 cm³/mol. The third-order valence-electron chi connectivity index (χ3n) is 5.15. The van der Waals surface area contributed by atoms with E-state index in [4.69, 9.17) is 16.3 Å². The minimum Gasteiger partial charge on any atom is -0.494 e. The molecule has 1 N–H and O–H groups in total. The van der Waals surface area contributed by atoms with Gasteiger partial charge in [0, 0.05) is 39.9 Å². The summed E-state index contributed by atoms with van der Waals surface area (Å²) in [6.07, 6.45) is 3.58. The second kappa shape index (κ2) is 10.1. The van der Waals surface area contributed by atoms with E-state index >= 15 is 0 Å². The molecule has 0 aliphatic heterocycles. The topological polar surface area (TPSA) is 67.0 Å². The third-order valence-corrected chi connectivity index (χ3v) is 5.38. The number of rotatable bonds is 7. The van der Waals surface area contributed by atoms with Gasteiger partial charge in [0.25, 0.3) is 5.91 Å². The van der Waals surface area contributed by atoms with Crippen LogP contribution in [-0.2, 0) is 11.3 Å². The number of anilines is 1. The SMILES string of the molecule is CCOc1ccc(NC(=O)/C(C#N)=C/c2cn(Cc3cccc(Cl)c3)c3ccccc23)cc1. The molecule has 4 aromatic rings. The van der Waals surface area contributed by atoms with Crippen LogP contribution in [0.25, 0.3) is 17.0 Å². The van der Waals surface area contributed by atoms with Crippen LogP contribution in [0.1, 0.15) is 18.1 Å². The molecule has 33 heavy (non-hydrogen) atoms. The Kier molecular flexibility index (Phi) is 6.77. The number of fused-ring (bicyclic) bond motifs is 1. The molecule has 164 valence electrons. The summed E-state index contributed by atoms with van der Waals surface area (Å²) in [6.45, 7) is 3.10. The first-order valence-electron chi connectivity index (χ1n) is 10.6. The smallest absolute Gasteiger partial charge is 0.266 e. The highest BCUT2D eigenvalue weighted by Gasteiger charge is 2.13. The molecular weight excluding hydrogens is 434 g/mol. The first-order chi connectivity index (χ1) is 16.1. The van der Waals surface area contributed by atoms with Crippen LogP contribution in [0.3, 0.4) is 0 Å². The zero-order valence-electron chi connectivity index (χ0n) is 18.1. The van der Waals surface area contributed by atoms with Crippen molar-refractivity contribution in [2.24, 2.45) is 0 Å². The van der Waals surface area contributed by atoms with E-state index in [0.29, 0.717) is 23.9 Å². The van der Waals surface area contributed by atoms with Gasteiger partial charge in [0.1, 0.15) is 17.4 Å². The Bertz CT molecular complexity index is 1360. The lowest BCUT2D eigenvalue weighted by molar-refractivity contribution is -0.112. The maximum Gasteiger partial charge on any atom is 0.266 e. The van der Waals surface area contributed by atoms with Crippen LogP contribution in [0, 0.1) is 11.3 Å². The molecule has 6 heteroatoms. The van der Waals surface area contributed by atoms with Gasteiger partial charge in [-0.15, -0.1) is 0 Å². The number of hydrogen-bond donors (Lipinski definition) is 1. The van der Waals surface area contributed by atoms with Gasteiger partial charge in [-0.3, -0.25) is 4.79 Å². The highest BCUT2D eigenvalue weighted by Crippen LogP contribution is 2.25. The first-order valence-corrected chi connectivity index (χ1v) is 10.9. The molecule has 5 nitrogen and oxygen atoms in total. The molecule has 1 heterocycles. The normalized spacial score (nSPS) is 11.2. The van der Waals surface area contributed by atoms with E-state index in [0.717, 1.165) is 27.8 Å². The summed E-state index contributed by atoms with van der Waals surface area (Å²) in [6, 6.07) is 24.7. The summed E-state index contributed by atoms with van der Waals surface area (Å²) in [4.78, 5) is 12.8. The summed E-state index contributed by atoms with van der Waals surface area (Å²) in [5, 5.41) is 14.1. The number of nitrogens with zero attached hydrogens (tertiary/aromatic N) is 2. The Morgan fingerprint density at radius 1 is 1.12 bits per heavy atom. The highest BCUT2D eigenvalue weighted by molar-refractivity contribution is 6.30. The summed E-state index contributed by atoms with van der Waals surface area (Å²) in [5.41, 5.74) is 3.48. The van der Waals surface area contributed by atoms with Crippen molar-refractivity contribution in [3.8, 4) is 11.8 Å². The van der Waals surface area contributed by atoms with Gasteiger partial charge in [0.15, 0.2) is 0 Å². The molecule has 0 aliphatic rings. The number of carbonyl (C=O) groups is 1. The van der Waals surface area contributed by atoms with Crippen LogP contribution in [0.2, 0.25) is 5.02 Å². The maximum absolute atomic E-state index is 12.8. The number of para-hydroxylation sites is 1. The van der Waals surface area contributed by atoms with Crippen molar-refractivity contribution in [1.82, 2.24) is 4.57 Å². The van der Waals surface area contributed by atoms with Crippen LogP contribution in [0.5, 0.6) is 5.75 Å². The molecule has 3 aromatic carbocycles. The maximum atomic E-state index is 12.8. The molecular formula is C27H22ClN3O2. The average Bonchev–Trinajstić information content (AvgIpc) is 3.16. The Balaban J connectivity index is 1.62. The van der Waals surface area contributed by atoms with Gasteiger partial charge in [-0.05, 0) is 61.0 Å². The number of nitriles is 1. The van der Waals surface area contributed by atoms with E-state index in [1.54, 1.807) is 30.3 Å². The van der Waals surface area contributed by atoms with Crippen molar-refractivity contribution in [2.45, 2.75) is 13.5 Å². The fourth-order valence-corrected chi connectivity index (χ4v) is 3.87. The van der Waals surface area contributed by atoms with E-state index in [9.17, 15) is 10.1 Å². The second-order valence-electron chi connectivity index (χ2n) is 7.44. The molecule has 0 atom stereocenters. The standard InChI is InChI=1S/C27H22ClN3O2/c1-2-33-24-12-10-23(11-13-24)30-27(32)20(16-29)15-21-18-31(26-9-4-3-8-25(21)26)17-19-6-5-7-22(28)14-19/h3-15,18H,2,17H2,1H3,(H,30,32)/b20-15+. The van der Waals surface area contributed by atoms with Crippen molar-refractivity contribution in [3.63, 3.8) is 0 Å². The molecule has 0 saturated heterocycles. The number of halogens is 1. The number of ether oxygens (including phenoxy) is 1. The van der Waals surface area contributed by atoms with Gasteiger partial charge in [0.05, 0.1) is 6.61 Å². The van der Waals surface area contributed by atoms with Gasteiger partial charge < -0.3 is 14.6 Å². The average molecular weight is 456 g/mol. The van der Waals surface area contributed by atoms with Crippen molar-refractivity contribution < 1.29 is 9.53 Å². The van der Waals surface area contributed by atoms with Crippen LogP contribution >= 0.6 is 11.6 Å². The molecule has 0 aliphatic carbocycles. The second-order valence-corrected chi connectivity index (χ2v) is 7.88. The van der Waals surface area contributed by atoms with Gasteiger partial charge in [-0.2, -0.15) is 5.26 Å². The number of aromatic nitrogens is 1. The summed E-state index contributed by atoms with van der Waals surface area (Å²) >= 11 is 6.14. The summed E-state index contributed by atoms with van der Waals surface area (Å²) in [5.74, 6) is 0.257. The third kappa shape index (κ3) is 5.25. The van der Waals surface area contributed by atoms with Crippen molar-refractivity contribution in [2.75, 3.05) is 11.9 Å². The van der Waals surface area contributed by atoms with Gasteiger partial charge in [-0.25, -0.2) is 0 Å². The van der Waals surface area contributed by atoms with E-state index in [2.05, 4.69) is 9.88 Å². The Morgan fingerprint density at radius 2 is 1.91 bits per heavy atom. The fourth-order valence-electron chi connectivity index (χ4n) is 3.66. The van der Waals surface area contributed by atoms with Crippen molar-refractivity contribution >= 4 is 40.2 Å². The quantitative estimate of drug-likeness (QED) is 0.263. The molecule has 0 unspecified atom stereocenters. The Hall–Kier alpha value is -4.01. The van der Waals surface area contributed by atoms with E-state index < -0.39 is 5.91 Å². The first kappa shape index (κ1) is 22.2. The zero-order chi connectivity index (χ0) is 23.2. The van der Waals surface area contributed by atoms with Crippen molar-refractivity contribution in [1.29, 1.82) is 5.26 Å². The highest BCUT2D eigenvalue weighted by atomic mass is 35.5. The molecule has 0 radical (unpaired) electrons. The molecule has 4 rings (SSSR count). The van der Waals surface area contributed by atoms with Gasteiger partial charge in [0.2, 0.25) is 0 Å². The Labute approximate surface area is 197 Å². The fraction of sp³-hybridized carbons (Fsp3) is 0.111. The molecule has 0 spiro atoms. The predicted octanol–water partition coefficient (Wildman–Crippen LogP) is 6.29. The summed E-state index contributed by atoms with van der Waals surface area (Å²) in [7, 11) is 0. The number of amides is 1. The molecule has 1 aromatic heterocycles. The van der Waals surface area contributed by atoms with Crippen LogP contribution in [-0.4, -0.2) is 17.1 Å². The number of carbonyl (C=O) groups excluding carboxylic acids is 1. The number of hydrogen-bond acceptors (Lipinski definition) is 3. The van der Waals surface area contributed by atoms with Crippen LogP contribution in [0.4, 0.5) is 5.69 Å². The van der Waals surface area contributed by atoms with E-state index in [1.165, 1.54) is 0 Å². The zero-order valence-corrected chi connectivity index (χ0v) is 18.8. The minimum absolute atomic E-state index is 0.0227. The molecule has 0 saturated carbocycles. The van der Waals surface area contributed by atoms with Crippen molar-refractivity contribution in [3.05, 3.63) is 101 Å². The van der Waals surface area contributed by atoms with Crippen LogP contribution < -0.4 is 10.1 Å². The molecule has 0 bridgehead atoms. The lowest BCUT2D eigenvalue weighted by atomic mass is 10.1. The Morgan fingerprint density at radius 3 is 2.64 bits per heavy atom.